The fourth-order valence-electron chi connectivity index (χ4n) is 10.9. The van der Waals surface area contributed by atoms with Gasteiger partial charge < -0.3 is 18.3 Å². The molecule has 0 saturated carbocycles. The van der Waals surface area contributed by atoms with E-state index in [0.717, 1.165) is 17.1 Å². The number of nitrogens with zero attached hydrogens (tertiary/aromatic N) is 4. The van der Waals surface area contributed by atoms with Crippen molar-refractivity contribution in [3.05, 3.63) is 231 Å². The Morgan fingerprint density at radius 1 is 0.219 bits per heavy atom. The van der Waals surface area contributed by atoms with Gasteiger partial charge in [-0.05, 0) is 96.1 Å². The van der Waals surface area contributed by atoms with Crippen LogP contribution in [-0.2, 0) is 0 Å². The molecule has 298 valence electrons. The predicted octanol–water partition coefficient (Wildman–Crippen LogP) is 15.7. The summed E-state index contributed by atoms with van der Waals surface area (Å²) in [4.78, 5) is 0. The van der Waals surface area contributed by atoms with Gasteiger partial charge in [-0.2, -0.15) is 0 Å². The van der Waals surface area contributed by atoms with Gasteiger partial charge in [0.2, 0.25) is 0 Å². The minimum absolute atomic E-state index is 1.13. The van der Waals surface area contributed by atoms with Gasteiger partial charge in [0.15, 0.2) is 0 Å². The maximum atomic E-state index is 2.49. The van der Waals surface area contributed by atoms with E-state index in [4.69, 9.17) is 0 Å². The lowest BCUT2D eigenvalue weighted by molar-refractivity contribution is 1.16. The minimum atomic E-state index is 1.13. The summed E-state index contributed by atoms with van der Waals surface area (Å²) in [7, 11) is 0. The molecule has 0 fully saturated rings. The van der Waals surface area contributed by atoms with Crippen LogP contribution in [0.2, 0.25) is 0 Å². The fourth-order valence-corrected chi connectivity index (χ4v) is 10.9. The minimum Gasteiger partial charge on any atom is -0.309 e. The average molecular weight is 815 g/mol. The van der Waals surface area contributed by atoms with Gasteiger partial charge in [0.05, 0.1) is 49.8 Å². The molecule has 64 heavy (non-hydrogen) atoms. The molecular formula is C60H38N4. The van der Waals surface area contributed by atoms with Crippen molar-refractivity contribution in [2.45, 2.75) is 0 Å². The van der Waals surface area contributed by atoms with E-state index in [1.807, 2.05) is 0 Å². The summed E-state index contributed by atoms with van der Waals surface area (Å²) in [6.45, 7) is 0. The van der Waals surface area contributed by atoms with E-state index in [2.05, 4.69) is 249 Å². The average Bonchev–Trinajstić information content (AvgIpc) is 4.09. The van der Waals surface area contributed by atoms with Crippen LogP contribution in [0.15, 0.2) is 231 Å². The quantitative estimate of drug-likeness (QED) is 0.165. The van der Waals surface area contributed by atoms with E-state index in [0.29, 0.717) is 0 Å². The van der Waals surface area contributed by atoms with Crippen molar-refractivity contribution in [1.82, 2.24) is 18.3 Å². The summed E-state index contributed by atoms with van der Waals surface area (Å²) in [5, 5.41) is 9.90. The van der Waals surface area contributed by atoms with Crippen LogP contribution in [0, 0.1) is 0 Å². The van der Waals surface area contributed by atoms with Crippen LogP contribution in [0.3, 0.4) is 0 Å². The van der Waals surface area contributed by atoms with Crippen LogP contribution in [0.1, 0.15) is 0 Å². The highest BCUT2D eigenvalue weighted by Gasteiger charge is 2.23. The Kier molecular flexibility index (Phi) is 7.36. The molecule has 0 saturated heterocycles. The topological polar surface area (TPSA) is 19.7 Å². The smallest absolute Gasteiger partial charge is 0.0641 e. The van der Waals surface area contributed by atoms with Gasteiger partial charge in [0.25, 0.3) is 0 Å². The van der Waals surface area contributed by atoms with Crippen molar-refractivity contribution >= 4 is 87.2 Å². The Labute approximate surface area is 368 Å². The van der Waals surface area contributed by atoms with Gasteiger partial charge in [-0.15, -0.1) is 0 Å². The number of rotatable bonds is 5. The van der Waals surface area contributed by atoms with Crippen LogP contribution in [0.25, 0.3) is 121 Å². The van der Waals surface area contributed by atoms with Crippen molar-refractivity contribution in [2.75, 3.05) is 0 Å². The second-order valence-electron chi connectivity index (χ2n) is 16.9. The number of fused-ring (bicyclic) bond motifs is 13. The second-order valence-corrected chi connectivity index (χ2v) is 16.9. The van der Waals surface area contributed by atoms with Crippen molar-refractivity contribution in [3.63, 3.8) is 0 Å². The van der Waals surface area contributed by atoms with Crippen molar-refractivity contribution < 1.29 is 0 Å². The highest BCUT2D eigenvalue weighted by Crippen LogP contribution is 2.44. The van der Waals surface area contributed by atoms with E-state index in [-0.39, 0.29) is 0 Å². The van der Waals surface area contributed by atoms with Gasteiger partial charge in [-0.3, -0.25) is 0 Å². The molecule has 0 aliphatic heterocycles. The zero-order valence-corrected chi connectivity index (χ0v) is 34.7. The SMILES string of the molecule is c1ccc(-c2cccc(-n3c4ccccc4c4ccc5c(c6ccccc6n5-c5ccc6c(c5)c5ccccc5n6-c5cccc6c5c5ccccc5n6-c5ccccc5)c43)c2)cc1. The van der Waals surface area contributed by atoms with Crippen LogP contribution in [0.4, 0.5) is 0 Å². The standard InChI is InChI=1S/C60H38N4/c1-3-17-39(18-4-1)40-19-15-22-42(37-40)63-50-27-11-7-23-44(50)46-34-36-57-59(60(46)63)48-26-10-14-30-53(48)62(57)43-33-35-54-49(38-43)45-24-8-12-28-51(45)64(54)56-32-16-31-55-58(56)47-25-9-13-29-52(47)61(55)41-20-5-2-6-21-41/h1-38H. The van der Waals surface area contributed by atoms with Crippen LogP contribution < -0.4 is 0 Å². The molecule has 0 unspecified atom stereocenters. The highest BCUT2D eigenvalue weighted by molar-refractivity contribution is 6.26. The molecule has 10 aromatic carbocycles. The summed E-state index contributed by atoms with van der Waals surface area (Å²) in [6, 6.07) is 84.4. The molecule has 0 bridgehead atoms. The maximum absolute atomic E-state index is 2.49. The maximum Gasteiger partial charge on any atom is 0.0641 e. The van der Waals surface area contributed by atoms with E-state index >= 15 is 0 Å². The highest BCUT2D eigenvalue weighted by atomic mass is 15.0. The van der Waals surface area contributed by atoms with E-state index < -0.39 is 0 Å². The molecule has 0 atom stereocenters. The molecule has 0 aliphatic carbocycles. The van der Waals surface area contributed by atoms with Crippen LogP contribution >= 0.6 is 0 Å². The van der Waals surface area contributed by atoms with Crippen LogP contribution in [-0.4, -0.2) is 18.3 Å². The van der Waals surface area contributed by atoms with Crippen molar-refractivity contribution in [2.24, 2.45) is 0 Å². The molecule has 0 amide bonds. The fraction of sp³-hybridized carbons (Fsp3) is 0. The number of hydrogen-bond acceptors (Lipinski definition) is 0. The number of benzene rings is 10. The molecule has 14 aromatic rings. The normalized spacial score (nSPS) is 12.1. The lowest BCUT2D eigenvalue weighted by atomic mass is 10.0. The van der Waals surface area contributed by atoms with Crippen molar-refractivity contribution in [1.29, 1.82) is 0 Å². The Morgan fingerprint density at radius 3 is 1.42 bits per heavy atom. The summed E-state index contributed by atoms with van der Waals surface area (Å²) in [6.07, 6.45) is 0. The third kappa shape index (κ3) is 4.88. The molecule has 4 nitrogen and oxygen atoms in total. The summed E-state index contributed by atoms with van der Waals surface area (Å²) < 4.78 is 9.85. The Hall–Kier alpha value is -8.60. The summed E-state index contributed by atoms with van der Waals surface area (Å²) in [5.74, 6) is 0. The summed E-state index contributed by atoms with van der Waals surface area (Å²) >= 11 is 0. The zero-order chi connectivity index (χ0) is 41.9. The second kappa shape index (κ2) is 13.4. The largest absolute Gasteiger partial charge is 0.309 e. The third-order valence-electron chi connectivity index (χ3n) is 13.5. The third-order valence-corrected chi connectivity index (χ3v) is 13.5. The predicted molar refractivity (Wildman–Crippen MR) is 269 cm³/mol. The van der Waals surface area contributed by atoms with Gasteiger partial charge >= 0.3 is 0 Å². The van der Waals surface area contributed by atoms with Gasteiger partial charge in [-0.25, -0.2) is 0 Å². The number of para-hydroxylation sites is 5. The molecule has 0 radical (unpaired) electrons. The van der Waals surface area contributed by atoms with Crippen LogP contribution in [0.5, 0.6) is 0 Å². The van der Waals surface area contributed by atoms with Gasteiger partial charge in [0.1, 0.15) is 0 Å². The first-order chi connectivity index (χ1) is 31.8. The molecule has 4 aromatic heterocycles. The molecule has 4 heterocycles. The lowest BCUT2D eigenvalue weighted by Crippen LogP contribution is -1.97. The number of hydrogen-bond donors (Lipinski definition) is 0. The first-order valence-corrected chi connectivity index (χ1v) is 22.0. The molecule has 4 heteroatoms. The molecule has 14 rings (SSSR count). The van der Waals surface area contributed by atoms with E-state index in [1.54, 1.807) is 0 Å². The molecule has 0 aliphatic rings. The zero-order valence-electron chi connectivity index (χ0n) is 34.7. The summed E-state index contributed by atoms with van der Waals surface area (Å²) in [5.41, 5.74) is 16.5. The van der Waals surface area contributed by atoms with Gasteiger partial charge in [0, 0.05) is 60.2 Å². The Bertz CT molecular complexity index is 4180. The molecular weight excluding hydrogens is 777 g/mol. The number of aromatic nitrogens is 4. The monoisotopic (exact) mass is 814 g/mol. The molecule has 0 spiro atoms. The first-order valence-electron chi connectivity index (χ1n) is 22.0. The Morgan fingerprint density at radius 2 is 0.688 bits per heavy atom. The molecule has 0 N–H and O–H groups in total. The van der Waals surface area contributed by atoms with Gasteiger partial charge in [-0.1, -0.05) is 146 Å². The van der Waals surface area contributed by atoms with E-state index in [1.165, 1.54) is 104 Å². The van der Waals surface area contributed by atoms with Crippen molar-refractivity contribution in [3.8, 4) is 33.9 Å². The first kappa shape index (κ1) is 35.0. The Balaban J connectivity index is 1.03. The van der Waals surface area contributed by atoms with E-state index in [9.17, 15) is 0 Å². The lowest BCUT2D eigenvalue weighted by Gasteiger charge is -2.13.